The van der Waals surface area contributed by atoms with E-state index in [-0.39, 0.29) is 0 Å². The lowest BCUT2D eigenvalue weighted by Crippen LogP contribution is -2.45. The van der Waals surface area contributed by atoms with Crippen molar-refractivity contribution in [2.75, 3.05) is 26.2 Å². The third-order valence-corrected chi connectivity index (χ3v) is 4.98. The molecule has 0 saturated heterocycles. The zero-order valence-corrected chi connectivity index (χ0v) is 17.6. The van der Waals surface area contributed by atoms with Gasteiger partial charge in [-0.3, -0.25) is 0 Å². The fraction of sp³-hybridized carbons (Fsp3) is 1.00. The molecule has 0 saturated carbocycles. The lowest BCUT2D eigenvalue weighted by Gasteiger charge is -2.35. The Balaban J connectivity index is 4.46. The molecule has 0 heterocycles. The molecule has 0 aromatic carbocycles. The van der Waals surface area contributed by atoms with Crippen LogP contribution in [0, 0.1) is 0 Å². The van der Waals surface area contributed by atoms with E-state index in [1.165, 1.54) is 116 Å². The van der Waals surface area contributed by atoms with Crippen molar-refractivity contribution in [1.29, 1.82) is 0 Å². The predicted molar refractivity (Wildman–Crippen MR) is 110 cm³/mol. The molecule has 0 spiro atoms. The summed E-state index contributed by atoms with van der Waals surface area (Å²) in [6, 6.07) is 0. The van der Waals surface area contributed by atoms with E-state index in [0.29, 0.717) is 0 Å². The SMILES string of the molecule is CCCCCCN(CCCCCC)N(CCCCC)CCCCC. The number of nitrogens with zero attached hydrogens (tertiary/aromatic N) is 2. The van der Waals surface area contributed by atoms with Crippen molar-refractivity contribution in [3.63, 3.8) is 0 Å². The van der Waals surface area contributed by atoms with E-state index in [0.717, 1.165) is 0 Å². The van der Waals surface area contributed by atoms with Gasteiger partial charge in [-0.2, -0.15) is 0 Å². The quantitative estimate of drug-likeness (QED) is 0.184. The molecular weight excluding hydrogens is 292 g/mol. The van der Waals surface area contributed by atoms with Gasteiger partial charge in [-0.15, -0.1) is 0 Å². The topological polar surface area (TPSA) is 6.48 Å². The third-order valence-electron chi connectivity index (χ3n) is 4.98. The normalized spacial score (nSPS) is 11.8. The summed E-state index contributed by atoms with van der Waals surface area (Å²) >= 11 is 0. The van der Waals surface area contributed by atoms with Crippen molar-refractivity contribution in [1.82, 2.24) is 10.0 Å². The Labute approximate surface area is 154 Å². The fourth-order valence-electron chi connectivity index (χ4n) is 3.32. The highest BCUT2D eigenvalue weighted by molar-refractivity contribution is 4.61. The van der Waals surface area contributed by atoms with Gasteiger partial charge in [0.1, 0.15) is 0 Å². The molecule has 146 valence electrons. The molecule has 2 nitrogen and oxygen atoms in total. The Morgan fingerprint density at radius 2 is 0.583 bits per heavy atom. The number of rotatable bonds is 19. The van der Waals surface area contributed by atoms with Crippen molar-refractivity contribution < 1.29 is 0 Å². The molecule has 0 bridgehead atoms. The molecule has 0 N–H and O–H groups in total. The highest BCUT2D eigenvalue weighted by Gasteiger charge is 2.14. The molecule has 2 heteroatoms. The van der Waals surface area contributed by atoms with Gasteiger partial charge in [0.25, 0.3) is 0 Å². The van der Waals surface area contributed by atoms with E-state index in [1.807, 2.05) is 0 Å². The second-order valence-corrected chi connectivity index (χ2v) is 7.44. The average molecular weight is 341 g/mol. The van der Waals surface area contributed by atoms with E-state index in [2.05, 4.69) is 37.7 Å². The molecule has 0 radical (unpaired) electrons. The number of hydrazine groups is 1. The zero-order chi connectivity index (χ0) is 17.9. The zero-order valence-electron chi connectivity index (χ0n) is 17.6. The third kappa shape index (κ3) is 14.3. The van der Waals surface area contributed by atoms with Crippen LogP contribution < -0.4 is 0 Å². The van der Waals surface area contributed by atoms with E-state index in [1.54, 1.807) is 0 Å². The number of hydrogen-bond acceptors (Lipinski definition) is 2. The summed E-state index contributed by atoms with van der Waals surface area (Å²) in [5, 5.41) is 5.46. The highest BCUT2D eigenvalue weighted by Crippen LogP contribution is 2.11. The van der Waals surface area contributed by atoms with Crippen LogP contribution in [-0.4, -0.2) is 36.2 Å². The van der Waals surface area contributed by atoms with E-state index in [9.17, 15) is 0 Å². The lowest BCUT2D eigenvalue weighted by molar-refractivity contribution is -0.0306. The van der Waals surface area contributed by atoms with Crippen LogP contribution >= 0.6 is 0 Å². The molecule has 0 fully saturated rings. The van der Waals surface area contributed by atoms with Crippen molar-refractivity contribution >= 4 is 0 Å². The van der Waals surface area contributed by atoms with Gasteiger partial charge in [-0.05, 0) is 25.7 Å². The Morgan fingerprint density at radius 3 is 0.875 bits per heavy atom. The van der Waals surface area contributed by atoms with Gasteiger partial charge >= 0.3 is 0 Å². The number of hydrogen-bond donors (Lipinski definition) is 0. The van der Waals surface area contributed by atoms with Gasteiger partial charge in [-0.1, -0.05) is 91.9 Å². The van der Waals surface area contributed by atoms with Gasteiger partial charge < -0.3 is 0 Å². The summed E-state index contributed by atoms with van der Waals surface area (Å²) in [7, 11) is 0. The summed E-state index contributed by atoms with van der Waals surface area (Å²) in [4.78, 5) is 0. The first-order valence-corrected chi connectivity index (χ1v) is 11.3. The van der Waals surface area contributed by atoms with Crippen molar-refractivity contribution in [2.24, 2.45) is 0 Å². The van der Waals surface area contributed by atoms with Crippen LogP contribution in [0.25, 0.3) is 0 Å². The molecule has 0 unspecified atom stereocenters. The van der Waals surface area contributed by atoms with Crippen molar-refractivity contribution in [3.8, 4) is 0 Å². The predicted octanol–water partition coefficient (Wildman–Crippen LogP) is 7.05. The molecule has 0 amide bonds. The van der Waals surface area contributed by atoms with Gasteiger partial charge in [0, 0.05) is 26.2 Å². The van der Waals surface area contributed by atoms with Crippen LogP contribution in [0.2, 0.25) is 0 Å². The number of unbranched alkanes of at least 4 members (excludes halogenated alkanes) is 10. The largest absolute Gasteiger partial charge is 0.242 e. The van der Waals surface area contributed by atoms with Gasteiger partial charge in [0.05, 0.1) is 0 Å². The highest BCUT2D eigenvalue weighted by atomic mass is 15.6. The smallest absolute Gasteiger partial charge is 0.0133 e. The first-order valence-electron chi connectivity index (χ1n) is 11.3. The van der Waals surface area contributed by atoms with E-state index < -0.39 is 0 Å². The van der Waals surface area contributed by atoms with Crippen LogP contribution in [0.1, 0.15) is 118 Å². The summed E-state index contributed by atoms with van der Waals surface area (Å²) in [5.41, 5.74) is 0. The average Bonchev–Trinajstić information content (AvgIpc) is 2.59. The van der Waals surface area contributed by atoms with Crippen LogP contribution in [0.4, 0.5) is 0 Å². The fourth-order valence-corrected chi connectivity index (χ4v) is 3.32. The first-order chi connectivity index (χ1) is 11.8. The summed E-state index contributed by atoms with van der Waals surface area (Å²) in [6.45, 7) is 14.4. The second-order valence-electron chi connectivity index (χ2n) is 7.44. The monoisotopic (exact) mass is 340 g/mol. The molecule has 24 heavy (non-hydrogen) atoms. The molecule has 0 aromatic heterocycles. The van der Waals surface area contributed by atoms with E-state index in [4.69, 9.17) is 0 Å². The molecule has 0 atom stereocenters. The van der Waals surface area contributed by atoms with Gasteiger partial charge in [-0.25, -0.2) is 10.0 Å². The molecule has 0 aliphatic carbocycles. The Hall–Kier alpha value is -0.0800. The van der Waals surface area contributed by atoms with Crippen LogP contribution in [0.15, 0.2) is 0 Å². The minimum Gasteiger partial charge on any atom is -0.242 e. The maximum absolute atomic E-state index is 2.73. The minimum atomic E-state index is 1.28. The molecular formula is C22H48N2. The van der Waals surface area contributed by atoms with Gasteiger partial charge in [0.2, 0.25) is 0 Å². The van der Waals surface area contributed by atoms with Crippen molar-refractivity contribution in [3.05, 3.63) is 0 Å². The summed E-state index contributed by atoms with van der Waals surface area (Å²) in [5.74, 6) is 0. The van der Waals surface area contributed by atoms with E-state index >= 15 is 0 Å². The lowest BCUT2D eigenvalue weighted by atomic mass is 10.2. The Morgan fingerprint density at radius 1 is 0.333 bits per heavy atom. The Bertz CT molecular complexity index is 208. The summed E-state index contributed by atoms with van der Waals surface area (Å²) < 4.78 is 0. The molecule has 0 aliphatic heterocycles. The molecule has 0 aromatic rings. The van der Waals surface area contributed by atoms with Crippen molar-refractivity contribution in [2.45, 2.75) is 118 Å². The maximum Gasteiger partial charge on any atom is 0.0133 e. The maximum atomic E-state index is 2.73. The van der Waals surface area contributed by atoms with Crippen LogP contribution in [0.3, 0.4) is 0 Å². The molecule has 0 aliphatic rings. The summed E-state index contributed by atoms with van der Waals surface area (Å²) in [6.07, 6.45) is 19.2. The molecule has 0 rings (SSSR count). The first kappa shape index (κ1) is 23.9. The van der Waals surface area contributed by atoms with Crippen LogP contribution in [0.5, 0.6) is 0 Å². The van der Waals surface area contributed by atoms with Crippen LogP contribution in [-0.2, 0) is 0 Å². The van der Waals surface area contributed by atoms with Gasteiger partial charge in [0.15, 0.2) is 0 Å². The minimum absolute atomic E-state index is 1.28. The second kappa shape index (κ2) is 19.2. The standard InChI is InChI=1S/C22H48N2/c1-5-9-13-17-21-24(22-18-14-10-6-2)23(19-15-11-7-3)20-16-12-8-4/h5-22H2,1-4H3. The Kier molecular flexibility index (Phi) is 19.2.